The molecule has 5 nitrogen and oxygen atoms in total. The van der Waals surface area contributed by atoms with Gasteiger partial charge in [-0.05, 0) is 50.1 Å². The molecular weight excluding hydrogens is 356 g/mol. The van der Waals surface area contributed by atoms with Gasteiger partial charge in [0.2, 0.25) is 10.0 Å². The van der Waals surface area contributed by atoms with Gasteiger partial charge < -0.3 is 4.57 Å². The summed E-state index contributed by atoms with van der Waals surface area (Å²) in [5.41, 5.74) is 3.81. The van der Waals surface area contributed by atoms with Crippen molar-refractivity contribution in [2.75, 3.05) is 0 Å². The molecule has 0 saturated carbocycles. The molecule has 0 aliphatic carbocycles. The Bertz CT molecular complexity index is 1110. The fourth-order valence-electron chi connectivity index (χ4n) is 2.87. The van der Waals surface area contributed by atoms with Crippen molar-refractivity contribution in [1.82, 2.24) is 9.29 Å². The average Bonchev–Trinajstić information content (AvgIpc) is 2.83. The number of benzene rings is 2. The van der Waals surface area contributed by atoms with E-state index in [1.165, 1.54) is 10.6 Å². The Labute approximate surface area is 151 Å². The van der Waals surface area contributed by atoms with Gasteiger partial charge in [0, 0.05) is 13.1 Å². The van der Waals surface area contributed by atoms with Gasteiger partial charge in [0.15, 0.2) is 0 Å². The molecular formula is C18H20N2O3S2. The van der Waals surface area contributed by atoms with Crippen LogP contribution in [0.25, 0.3) is 10.2 Å². The third-order valence-electron chi connectivity index (χ3n) is 4.31. The van der Waals surface area contributed by atoms with Gasteiger partial charge in [-0.3, -0.25) is 4.79 Å². The Morgan fingerprint density at radius 3 is 2.56 bits per heavy atom. The third-order valence-corrected chi connectivity index (χ3v) is 6.84. The van der Waals surface area contributed by atoms with E-state index in [4.69, 9.17) is 0 Å². The highest BCUT2D eigenvalue weighted by Gasteiger charge is 2.20. The van der Waals surface area contributed by atoms with Crippen LogP contribution in [0.15, 0.2) is 46.1 Å². The van der Waals surface area contributed by atoms with E-state index in [2.05, 4.69) is 4.72 Å². The number of sulfonamides is 1. The van der Waals surface area contributed by atoms with Crippen molar-refractivity contribution in [2.45, 2.75) is 31.7 Å². The number of thiazole rings is 1. The Morgan fingerprint density at radius 2 is 1.84 bits per heavy atom. The van der Waals surface area contributed by atoms with Gasteiger partial charge in [0.05, 0.1) is 15.1 Å². The average molecular weight is 377 g/mol. The molecule has 0 saturated heterocycles. The lowest BCUT2D eigenvalue weighted by Crippen LogP contribution is -2.27. The molecule has 3 rings (SSSR count). The first-order valence-electron chi connectivity index (χ1n) is 7.88. The molecule has 0 radical (unpaired) electrons. The van der Waals surface area contributed by atoms with Gasteiger partial charge in [0.25, 0.3) is 0 Å². The van der Waals surface area contributed by atoms with Crippen LogP contribution < -0.4 is 9.60 Å². The van der Waals surface area contributed by atoms with Gasteiger partial charge >= 0.3 is 4.87 Å². The maximum atomic E-state index is 12.8. The van der Waals surface area contributed by atoms with Crippen LogP contribution in [0.4, 0.5) is 0 Å². The second-order valence-corrected chi connectivity index (χ2v) is 8.97. The molecule has 132 valence electrons. The van der Waals surface area contributed by atoms with E-state index in [1.807, 2.05) is 39.0 Å². The molecule has 0 spiro atoms. The standard InChI is InChI=1S/C18H20N2O3S2/c1-11-5-6-12(2)15(9-11)13(3)19-25(22,23)14-7-8-16-17(10-14)24-18(21)20(16)4/h5-10,13,19H,1-4H3. The Kier molecular flexibility index (Phi) is 4.57. The molecule has 1 unspecified atom stereocenters. The number of hydrogen-bond acceptors (Lipinski definition) is 4. The lowest BCUT2D eigenvalue weighted by atomic mass is 10.0. The SMILES string of the molecule is Cc1ccc(C)c(C(C)NS(=O)(=O)c2ccc3c(c2)sc(=O)n3C)c1. The first-order valence-corrected chi connectivity index (χ1v) is 10.2. The number of fused-ring (bicyclic) bond motifs is 1. The number of aryl methyl sites for hydroxylation is 3. The molecule has 1 N–H and O–H groups in total. The summed E-state index contributed by atoms with van der Waals surface area (Å²) in [4.78, 5) is 11.8. The summed E-state index contributed by atoms with van der Waals surface area (Å²) >= 11 is 1.04. The van der Waals surface area contributed by atoms with Crippen LogP contribution in [-0.2, 0) is 17.1 Å². The van der Waals surface area contributed by atoms with Crippen molar-refractivity contribution in [2.24, 2.45) is 7.05 Å². The number of aromatic nitrogens is 1. The summed E-state index contributed by atoms with van der Waals surface area (Å²) in [6.45, 7) is 5.78. The molecule has 0 fully saturated rings. The van der Waals surface area contributed by atoms with E-state index < -0.39 is 10.0 Å². The number of nitrogens with zero attached hydrogens (tertiary/aromatic N) is 1. The lowest BCUT2D eigenvalue weighted by Gasteiger charge is -2.17. The van der Waals surface area contributed by atoms with Crippen LogP contribution in [0.2, 0.25) is 0 Å². The van der Waals surface area contributed by atoms with E-state index in [1.54, 1.807) is 19.2 Å². The minimum absolute atomic E-state index is 0.110. The zero-order valence-corrected chi connectivity index (χ0v) is 16.2. The van der Waals surface area contributed by atoms with E-state index in [0.717, 1.165) is 33.5 Å². The van der Waals surface area contributed by atoms with E-state index in [9.17, 15) is 13.2 Å². The molecule has 7 heteroatoms. The monoisotopic (exact) mass is 376 g/mol. The summed E-state index contributed by atoms with van der Waals surface area (Å²) in [5.74, 6) is 0. The first-order chi connectivity index (χ1) is 11.7. The van der Waals surface area contributed by atoms with Crippen LogP contribution in [0.3, 0.4) is 0 Å². The summed E-state index contributed by atoms with van der Waals surface area (Å²) in [5, 5.41) is 0. The summed E-state index contributed by atoms with van der Waals surface area (Å²) in [6.07, 6.45) is 0. The largest absolute Gasteiger partial charge is 0.307 e. The van der Waals surface area contributed by atoms with Crippen LogP contribution in [0.5, 0.6) is 0 Å². The normalized spacial score (nSPS) is 13.3. The number of rotatable bonds is 4. The zero-order valence-electron chi connectivity index (χ0n) is 14.5. The highest BCUT2D eigenvalue weighted by Crippen LogP contribution is 2.24. The molecule has 3 aromatic rings. The second-order valence-electron chi connectivity index (χ2n) is 6.26. The highest BCUT2D eigenvalue weighted by molar-refractivity contribution is 7.89. The van der Waals surface area contributed by atoms with Crippen LogP contribution in [0.1, 0.15) is 29.7 Å². The van der Waals surface area contributed by atoms with Gasteiger partial charge in [0.1, 0.15) is 0 Å². The van der Waals surface area contributed by atoms with Gasteiger partial charge in [-0.15, -0.1) is 0 Å². The molecule has 0 aliphatic heterocycles. The molecule has 0 aliphatic rings. The second kappa shape index (κ2) is 6.40. The van der Waals surface area contributed by atoms with Crippen molar-refractivity contribution in [3.63, 3.8) is 0 Å². The lowest BCUT2D eigenvalue weighted by molar-refractivity contribution is 0.566. The molecule has 0 bridgehead atoms. The van der Waals surface area contributed by atoms with Crippen molar-refractivity contribution in [3.8, 4) is 0 Å². The topological polar surface area (TPSA) is 68.2 Å². The van der Waals surface area contributed by atoms with Gasteiger partial charge in [-0.2, -0.15) is 0 Å². The molecule has 25 heavy (non-hydrogen) atoms. The Balaban J connectivity index is 1.96. The number of hydrogen-bond donors (Lipinski definition) is 1. The van der Waals surface area contributed by atoms with Crippen LogP contribution in [0, 0.1) is 13.8 Å². The van der Waals surface area contributed by atoms with Crippen molar-refractivity contribution >= 4 is 31.6 Å². The van der Waals surface area contributed by atoms with Crippen molar-refractivity contribution < 1.29 is 8.42 Å². The number of nitrogens with one attached hydrogen (secondary N) is 1. The fraction of sp³-hybridized carbons (Fsp3) is 0.278. The highest BCUT2D eigenvalue weighted by atomic mass is 32.2. The molecule has 0 amide bonds. The molecule has 2 aromatic carbocycles. The van der Waals surface area contributed by atoms with E-state index >= 15 is 0 Å². The van der Waals surface area contributed by atoms with E-state index in [0.29, 0.717) is 4.70 Å². The zero-order chi connectivity index (χ0) is 18.4. The Morgan fingerprint density at radius 1 is 1.12 bits per heavy atom. The quantitative estimate of drug-likeness (QED) is 0.760. The smallest absolute Gasteiger partial charge is 0.302 e. The summed E-state index contributed by atoms with van der Waals surface area (Å²) < 4.78 is 30.4. The molecule has 1 aromatic heterocycles. The van der Waals surface area contributed by atoms with Crippen LogP contribution in [-0.4, -0.2) is 13.0 Å². The summed E-state index contributed by atoms with van der Waals surface area (Å²) in [7, 11) is -2.01. The maximum absolute atomic E-state index is 12.8. The molecule has 1 heterocycles. The van der Waals surface area contributed by atoms with E-state index in [-0.39, 0.29) is 15.8 Å². The summed E-state index contributed by atoms with van der Waals surface area (Å²) in [6, 6.07) is 10.4. The molecule has 1 atom stereocenters. The van der Waals surface area contributed by atoms with Crippen LogP contribution >= 0.6 is 11.3 Å². The maximum Gasteiger partial charge on any atom is 0.307 e. The minimum atomic E-state index is -3.69. The predicted octanol–water partition coefficient (Wildman–Crippen LogP) is 3.26. The Hall–Kier alpha value is -1.96. The minimum Gasteiger partial charge on any atom is -0.302 e. The van der Waals surface area contributed by atoms with Gasteiger partial charge in [-0.1, -0.05) is 35.1 Å². The van der Waals surface area contributed by atoms with Gasteiger partial charge in [-0.25, -0.2) is 13.1 Å². The first kappa shape index (κ1) is 17.8. The predicted molar refractivity (Wildman–Crippen MR) is 102 cm³/mol. The third kappa shape index (κ3) is 3.40. The van der Waals surface area contributed by atoms with Crippen molar-refractivity contribution in [1.29, 1.82) is 0 Å². The van der Waals surface area contributed by atoms with Crippen molar-refractivity contribution in [3.05, 3.63) is 62.8 Å². The fourth-order valence-corrected chi connectivity index (χ4v) is 5.11.